The molecule has 0 radical (unpaired) electrons. The molecule has 0 bridgehead atoms. The van der Waals surface area contributed by atoms with Crippen LogP contribution in [0, 0.1) is 11.8 Å². The van der Waals surface area contributed by atoms with E-state index >= 15 is 0 Å². The maximum Gasteiger partial charge on any atom is 0.351 e. The molecular formula is C32H42O7. The first-order valence-electron chi connectivity index (χ1n) is 13.5. The Labute approximate surface area is 232 Å². The molecule has 0 fully saturated rings. The highest BCUT2D eigenvalue weighted by molar-refractivity contribution is 5.93. The Morgan fingerprint density at radius 3 is 1.26 bits per heavy atom. The number of benzene rings is 2. The van der Waals surface area contributed by atoms with Gasteiger partial charge in [-0.25, -0.2) is 4.79 Å². The average molecular weight is 539 g/mol. The third-order valence-electron chi connectivity index (χ3n) is 6.55. The van der Waals surface area contributed by atoms with Crippen molar-refractivity contribution in [1.82, 2.24) is 0 Å². The minimum Gasteiger partial charge on any atom is -0.466 e. The van der Waals surface area contributed by atoms with Gasteiger partial charge in [0, 0.05) is 0 Å². The normalized spacial score (nSPS) is 14.3. The smallest absolute Gasteiger partial charge is 0.351 e. The molecule has 0 saturated heterocycles. The topological polar surface area (TPSA) is 96.0 Å². The number of hydrogen-bond donors (Lipinski definition) is 0. The van der Waals surface area contributed by atoms with Gasteiger partial charge in [0.15, 0.2) is 5.78 Å². The second-order valence-electron chi connectivity index (χ2n) is 11.0. The molecule has 2 aromatic rings. The second-order valence-corrected chi connectivity index (χ2v) is 11.0. The van der Waals surface area contributed by atoms with E-state index in [9.17, 15) is 19.2 Å². The van der Waals surface area contributed by atoms with Crippen LogP contribution in [0.25, 0.3) is 0 Å². The van der Waals surface area contributed by atoms with E-state index in [0.29, 0.717) is 23.0 Å². The molecule has 0 spiro atoms. The van der Waals surface area contributed by atoms with Crippen molar-refractivity contribution in [2.45, 2.75) is 85.4 Å². The van der Waals surface area contributed by atoms with Gasteiger partial charge in [-0.05, 0) is 67.7 Å². The van der Waals surface area contributed by atoms with E-state index in [2.05, 4.69) is 27.7 Å². The van der Waals surface area contributed by atoms with E-state index in [1.807, 2.05) is 48.5 Å². The summed E-state index contributed by atoms with van der Waals surface area (Å²) in [7, 11) is 1.11. The summed E-state index contributed by atoms with van der Waals surface area (Å²) in [6, 6.07) is 15.2. The maximum atomic E-state index is 13.0. The number of esters is 3. The lowest BCUT2D eigenvalue weighted by Gasteiger charge is -2.25. The summed E-state index contributed by atoms with van der Waals surface area (Å²) in [5.41, 5.74) is 3.70. The van der Waals surface area contributed by atoms with Crippen molar-refractivity contribution < 1.29 is 33.4 Å². The Morgan fingerprint density at radius 1 is 0.590 bits per heavy atom. The molecule has 7 heteroatoms. The molecule has 0 aliphatic rings. The number of hydrogen-bond acceptors (Lipinski definition) is 7. The molecule has 212 valence electrons. The number of Topliss-reactive ketones (excluding diaryl/α,β-unsaturated/α-hetero) is 1. The number of ether oxygens (including phenoxy) is 3. The number of ketones is 1. The minimum absolute atomic E-state index is 0.497. The van der Waals surface area contributed by atoms with Crippen LogP contribution in [0.2, 0.25) is 0 Å². The van der Waals surface area contributed by atoms with Crippen LogP contribution >= 0.6 is 0 Å². The second kappa shape index (κ2) is 14.6. The predicted octanol–water partition coefficient (Wildman–Crippen LogP) is 5.58. The summed E-state index contributed by atoms with van der Waals surface area (Å²) >= 11 is 0. The lowest BCUT2D eigenvalue weighted by Crippen LogP contribution is -2.46. The molecule has 0 aromatic heterocycles. The fourth-order valence-corrected chi connectivity index (χ4v) is 4.26. The highest BCUT2D eigenvalue weighted by Crippen LogP contribution is 2.24. The minimum atomic E-state index is -1.73. The summed E-state index contributed by atoms with van der Waals surface area (Å²) in [5.74, 6) is -3.52. The summed E-state index contributed by atoms with van der Waals surface area (Å²) in [4.78, 5) is 51.2. The van der Waals surface area contributed by atoms with Crippen molar-refractivity contribution in [2.75, 3.05) is 7.11 Å². The van der Waals surface area contributed by atoms with E-state index in [0.717, 1.165) is 31.1 Å². The molecule has 2 aromatic carbocycles. The molecular weight excluding hydrogens is 496 g/mol. The van der Waals surface area contributed by atoms with E-state index in [1.54, 1.807) is 13.8 Å². The first-order chi connectivity index (χ1) is 18.3. The molecule has 39 heavy (non-hydrogen) atoms. The zero-order chi connectivity index (χ0) is 29.3. The first kappa shape index (κ1) is 31.7. The van der Waals surface area contributed by atoms with Crippen LogP contribution in [0.5, 0.6) is 0 Å². The molecule has 0 N–H and O–H groups in total. The standard InChI is InChI=1S/C32H42O7/c1-19(2)17-24-9-13-26(14-10-24)21(5)30(34)38-28(23(7)33)29(32(36)37-8)39-31(35)22(6)27-15-11-25(12-16-27)18-20(3)4/h9-16,19-22,28-29H,17-18H2,1-8H3. The van der Waals surface area contributed by atoms with Gasteiger partial charge in [-0.2, -0.15) is 0 Å². The molecule has 0 saturated carbocycles. The van der Waals surface area contributed by atoms with Crippen molar-refractivity contribution in [2.24, 2.45) is 11.8 Å². The van der Waals surface area contributed by atoms with Crippen LogP contribution in [0.15, 0.2) is 48.5 Å². The van der Waals surface area contributed by atoms with Gasteiger partial charge in [-0.15, -0.1) is 0 Å². The monoisotopic (exact) mass is 538 g/mol. The zero-order valence-electron chi connectivity index (χ0n) is 24.4. The van der Waals surface area contributed by atoms with Crippen molar-refractivity contribution >= 4 is 23.7 Å². The highest BCUT2D eigenvalue weighted by Gasteiger charge is 2.41. The van der Waals surface area contributed by atoms with Gasteiger partial charge >= 0.3 is 17.9 Å². The highest BCUT2D eigenvalue weighted by atomic mass is 16.6. The van der Waals surface area contributed by atoms with Crippen LogP contribution < -0.4 is 0 Å². The molecule has 7 nitrogen and oxygen atoms in total. The third-order valence-corrected chi connectivity index (χ3v) is 6.55. The summed E-state index contributed by atoms with van der Waals surface area (Å²) in [6.07, 6.45) is -1.54. The Bertz CT molecular complexity index is 1120. The molecule has 4 atom stereocenters. The van der Waals surface area contributed by atoms with Crippen molar-refractivity contribution in [3.63, 3.8) is 0 Å². The summed E-state index contributed by atoms with van der Waals surface area (Å²) in [5, 5.41) is 0. The zero-order valence-corrected chi connectivity index (χ0v) is 24.4. The van der Waals surface area contributed by atoms with E-state index in [4.69, 9.17) is 14.2 Å². The van der Waals surface area contributed by atoms with Crippen LogP contribution in [0.3, 0.4) is 0 Å². The molecule has 4 unspecified atom stereocenters. The van der Waals surface area contributed by atoms with Gasteiger partial charge in [0.05, 0.1) is 18.9 Å². The lowest BCUT2D eigenvalue weighted by molar-refractivity contribution is -0.184. The van der Waals surface area contributed by atoms with Crippen molar-refractivity contribution in [1.29, 1.82) is 0 Å². The van der Waals surface area contributed by atoms with Gasteiger partial charge in [-0.3, -0.25) is 14.4 Å². The SMILES string of the molecule is COC(=O)C(OC(=O)C(C)c1ccc(CC(C)C)cc1)C(OC(=O)C(C)c1ccc(CC(C)C)cc1)C(C)=O. The van der Waals surface area contributed by atoms with Gasteiger partial charge in [0.25, 0.3) is 0 Å². The fourth-order valence-electron chi connectivity index (χ4n) is 4.26. The maximum absolute atomic E-state index is 13.0. The van der Waals surface area contributed by atoms with Crippen LogP contribution in [0.1, 0.15) is 82.6 Å². The Morgan fingerprint density at radius 2 is 0.949 bits per heavy atom. The molecule has 0 heterocycles. The summed E-state index contributed by atoms with van der Waals surface area (Å²) < 4.78 is 15.7. The van der Waals surface area contributed by atoms with Gasteiger partial charge in [0.2, 0.25) is 12.2 Å². The van der Waals surface area contributed by atoms with Crippen molar-refractivity contribution in [3.05, 3.63) is 70.8 Å². The Hall–Kier alpha value is -3.48. The van der Waals surface area contributed by atoms with Crippen LogP contribution in [0.4, 0.5) is 0 Å². The fraction of sp³-hybridized carbons (Fsp3) is 0.500. The van der Waals surface area contributed by atoms with Crippen molar-refractivity contribution in [3.8, 4) is 0 Å². The van der Waals surface area contributed by atoms with Gasteiger partial charge in [-0.1, -0.05) is 76.2 Å². The van der Waals surface area contributed by atoms with Crippen LogP contribution in [-0.4, -0.2) is 43.0 Å². The average Bonchev–Trinajstić information content (AvgIpc) is 2.89. The summed E-state index contributed by atoms with van der Waals surface area (Å²) in [6.45, 7) is 13.0. The number of carbonyl (C=O) groups is 4. The molecule has 2 rings (SSSR count). The number of methoxy groups -OCH3 is 1. The molecule has 0 amide bonds. The lowest BCUT2D eigenvalue weighted by atomic mass is 9.96. The predicted molar refractivity (Wildman–Crippen MR) is 149 cm³/mol. The molecule has 0 aliphatic heterocycles. The number of carbonyl (C=O) groups excluding carboxylic acids is 4. The Balaban J connectivity index is 2.18. The number of rotatable bonds is 13. The van der Waals surface area contributed by atoms with Crippen LogP contribution in [-0.2, 0) is 46.2 Å². The quantitative estimate of drug-likeness (QED) is 0.243. The van der Waals surface area contributed by atoms with E-state index in [-0.39, 0.29) is 0 Å². The van der Waals surface area contributed by atoms with Gasteiger partial charge in [0.1, 0.15) is 0 Å². The first-order valence-corrected chi connectivity index (χ1v) is 13.5. The van der Waals surface area contributed by atoms with E-state index in [1.165, 1.54) is 6.92 Å². The van der Waals surface area contributed by atoms with E-state index < -0.39 is 47.7 Å². The molecule has 0 aliphatic carbocycles. The third kappa shape index (κ3) is 9.34. The van der Waals surface area contributed by atoms with Gasteiger partial charge < -0.3 is 14.2 Å². The Kier molecular flexibility index (Phi) is 11.9. The largest absolute Gasteiger partial charge is 0.466 e.